The van der Waals surface area contributed by atoms with Crippen molar-refractivity contribution in [1.82, 2.24) is 0 Å². The molecule has 4 aliphatic carbocycles. The summed E-state index contributed by atoms with van der Waals surface area (Å²) >= 11 is 0. The number of hydrogen-bond donors (Lipinski definition) is 1. The Morgan fingerprint density at radius 3 is 2.21 bits per heavy atom. The fraction of sp³-hybridized carbons (Fsp3) is 0.929. The SMILES string of the molecule is CC(C)C(C)/C=C/C(C)C1CCC2C3CC[C@H]4C[C@@H](O)CCC4(C)C3CCC12C. The van der Waals surface area contributed by atoms with E-state index in [9.17, 15) is 5.11 Å². The van der Waals surface area contributed by atoms with E-state index in [-0.39, 0.29) is 6.10 Å². The maximum absolute atomic E-state index is 10.3. The molecule has 0 saturated heterocycles. The quantitative estimate of drug-likeness (QED) is 0.485. The zero-order valence-electron chi connectivity index (χ0n) is 20.2. The Kier molecular flexibility index (Phi) is 6.04. The number of aliphatic hydroxyl groups excluding tert-OH is 1. The first-order chi connectivity index (χ1) is 13.7. The molecule has 4 saturated carbocycles. The van der Waals surface area contributed by atoms with Crippen molar-refractivity contribution in [2.75, 3.05) is 0 Å². The molecule has 0 spiro atoms. The van der Waals surface area contributed by atoms with Crippen molar-refractivity contribution in [2.45, 2.75) is 105 Å². The summed E-state index contributed by atoms with van der Waals surface area (Å²) in [6.07, 6.45) is 17.1. The predicted octanol–water partition coefficient (Wildman–Crippen LogP) is 7.49. The zero-order chi connectivity index (χ0) is 21.0. The maximum atomic E-state index is 10.3. The number of rotatable bonds is 4. The molecule has 1 N–H and O–H groups in total. The van der Waals surface area contributed by atoms with E-state index in [0.29, 0.717) is 16.7 Å². The van der Waals surface area contributed by atoms with Crippen molar-refractivity contribution < 1.29 is 5.11 Å². The normalized spacial score (nSPS) is 49.5. The van der Waals surface area contributed by atoms with Crippen molar-refractivity contribution in [3.63, 3.8) is 0 Å². The van der Waals surface area contributed by atoms with Crippen molar-refractivity contribution in [2.24, 2.45) is 58.2 Å². The number of hydrogen-bond acceptors (Lipinski definition) is 1. The van der Waals surface area contributed by atoms with Crippen LogP contribution in [-0.2, 0) is 0 Å². The van der Waals surface area contributed by atoms with Gasteiger partial charge in [-0.05, 0) is 116 Å². The molecule has 0 aliphatic heterocycles. The first-order valence-electron chi connectivity index (χ1n) is 13.0. The van der Waals surface area contributed by atoms with Gasteiger partial charge in [0.1, 0.15) is 0 Å². The van der Waals surface area contributed by atoms with Gasteiger partial charge in [-0.25, -0.2) is 0 Å². The molecule has 1 heteroatoms. The second-order valence-corrected chi connectivity index (χ2v) is 12.7. The monoisotopic (exact) mass is 400 g/mol. The zero-order valence-corrected chi connectivity index (χ0v) is 20.2. The molecule has 0 aromatic heterocycles. The number of fused-ring (bicyclic) bond motifs is 5. The minimum absolute atomic E-state index is 0.0183. The summed E-state index contributed by atoms with van der Waals surface area (Å²) in [5.74, 6) is 6.66. The summed E-state index contributed by atoms with van der Waals surface area (Å²) in [7, 11) is 0. The van der Waals surface area contributed by atoms with Gasteiger partial charge in [0.2, 0.25) is 0 Å². The first-order valence-corrected chi connectivity index (χ1v) is 13.0. The second-order valence-electron chi connectivity index (χ2n) is 12.7. The van der Waals surface area contributed by atoms with Crippen molar-refractivity contribution in [1.29, 1.82) is 0 Å². The van der Waals surface area contributed by atoms with Gasteiger partial charge in [-0.2, -0.15) is 0 Å². The summed E-state index contributed by atoms with van der Waals surface area (Å²) in [5.41, 5.74) is 1.07. The molecule has 0 amide bonds. The maximum Gasteiger partial charge on any atom is 0.0543 e. The highest BCUT2D eigenvalue weighted by Crippen LogP contribution is 2.68. The lowest BCUT2D eigenvalue weighted by atomic mass is 9.44. The standard InChI is InChI=1S/C28H48O/c1-18(2)19(3)7-8-20(4)24-11-12-25-23-10-9-21-17-22(29)13-15-27(21,5)26(23)14-16-28(24,25)6/h7-8,18-26,29H,9-17H2,1-6H3/b8-7+/t19?,20?,21-,22-,23?,24?,25?,26?,27?,28?/m0/s1. The summed E-state index contributed by atoms with van der Waals surface area (Å²) in [6.45, 7) is 14.9. The van der Waals surface area contributed by atoms with Gasteiger partial charge in [-0.1, -0.05) is 53.7 Å². The summed E-state index contributed by atoms with van der Waals surface area (Å²) < 4.78 is 0. The van der Waals surface area contributed by atoms with E-state index in [1.54, 1.807) is 0 Å². The van der Waals surface area contributed by atoms with Crippen LogP contribution in [0.1, 0.15) is 99.3 Å². The van der Waals surface area contributed by atoms with Crippen molar-refractivity contribution in [3.05, 3.63) is 12.2 Å². The molecule has 0 heterocycles. The summed E-state index contributed by atoms with van der Waals surface area (Å²) in [4.78, 5) is 0. The lowest BCUT2D eigenvalue weighted by Gasteiger charge is -2.61. The molecule has 1 nitrogen and oxygen atoms in total. The fourth-order valence-electron chi connectivity index (χ4n) is 8.85. The van der Waals surface area contributed by atoms with Crippen molar-refractivity contribution in [3.8, 4) is 0 Å². The van der Waals surface area contributed by atoms with E-state index in [4.69, 9.17) is 0 Å². The number of aliphatic hydroxyl groups is 1. The Labute approximate surface area is 181 Å². The average Bonchev–Trinajstić information content (AvgIpc) is 3.03. The topological polar surface area (TPSA) is 20.2 Å². The van der Waals surface area contributed by atoms with Gasteiger partial charge in [0.05, 0.1) is 6.10 Å². The third-order valence-electron chi connectivity index (χ3n) is 11.1. The van der Waals surface area contributed by atoms with Crippen LogP contribution in [0.5, 0.6) is 0 Å². The molecular formula is C28H48O. The molecule has 4 rings (SSSR count). The molecular weight excluding hydrogens is 352 g/mol. The van der Waals surface area contributed by atoms with Crippen LogP contribution in [0.4, 0.5) is 0 Å². The lowest BCUT2D eigenvalue weighted by Crippen LogP contribution is -2.54. The smallest absolute Gasteiger partial charge is 0.0543 e. The molecule has 0 radical (unpaired) electrons. The van der Waals surface area contributed by atoms with Gasteiger partial charge >= 0.3 is 0 Å². The highest BCUT2D eigenvalue weighted by molar-refractivity contribution is 5.11. The van der Waals surface area contributed by atoms with Crippen LogP contribution in [-0.4, -0.2) is 11.2 Å². The Morgan fingerprint density at radius 1 is 0.793 bits per heavy atom. The van der Waals surface area contributed by atoms with Crippen LogP contribution in [0.3, 0.4) is 0 Å². The minimum Gasteiger partial charge on any atom is -0.393 e. The highest BCUT2D eigenvalue weighted by Gasteiger charge is 2.60. The molecule has 8 unspecified atom stereocenters. The van der Waals surface area contributed by atoms with E-state index >= 15 is 0 Å². The van der Waals surface area contributed by atoms with Gasteiger partial charge in [0.15, 0.2) is 0 Å². The Balaban J connectivity index is 1.50. The van der Waals surface area contributed by atoms with Crippen LogP contribution in [0.15, 0.2) is 12.2 Å². The molecule has 0 bridgehead atoms. The lowest BCUT2D eigenvalue weighted by molar-refractivity contribution is -0.128. The van der Waals surface area contributed by atoms with Gasteiger partial charge in [0, 0.05) is 0 Å². The van der Waals surface area contributed by atoms with Gasteiger partial charge < -0.3 is 5.11 Å². The van der Waals surface area contributed by atoms with Gasteiger partial charge in [-0.3, -0.25) is 0 Å². The van der Waals surface area contributed by atoms with Crippen LogP contribution in [0.25, 0.3) is 0 Å². The Bertz CT molecular complexity index is 607. The predicted molar refractivity (Wildman–Crippen MR) is 124 cm³/mol. The van der Waals surface area contributed by atoms with Gasteiger partial charge in [0.25, 0.3) is 0 Å². The van der Waals surface area contributed by atoms with Gasteiger partial charge in [-0.15, -0.1) is 0 Å². The summed E-state index contributed by atoms with van der Waals surface area (Å²) in [6, 6.07) is 0. The van der Waals surface area contributed by atoms with E-state index in [1.807, 2.05) is 0 Å². The molecule has 166 valence electrons. The largest absolute Gasteiger partial charge is 0.393 e. The fourth-order valence-corrected chi connectivity index (χ4v) is 8.85. The Hall–Kier alpha value is -0.300. The molecule has 0 aromatic carbocycles. The Morgan fingerprint density at radius 2 is 1.48 bits per heavy atom. The third kappa shape index (κ3) is 3.66. The molecule has 4 fully saturated rings. The van der Waals surface area contributed by atoms with Crippen LogP contribution in [0, 0.1) is 58.2 Å². The summed E-state index contributed by atoms with van der Waals surface area (Å²) in [5, 5.41) is 10.3. The van der Waals surface area contributed by atoms with Crippen LogP contribution < -0.4 is 0 Å². The molecule has 29 heavy (non-hydrogen) atoms. The van der Waals surface area contributed by atoms with Crippen molar-refractivity contribution >= 4 is 0 Å². The highest BCUT2D eigenvalue weighted by atomic mass is 16.3. The second kappa shape index (κ2) is 7.99. The van der Waals surface area contributed by atoms with E-state index in [1.165, 1.54) is 44.9 Å². The van der Waals surface area contributed by atoms with Crippen LogP contribution in [0.2, 0.25) is 0 Å². The van der Waals surface area contributed by atoms with E-state index < -0.39 is 0 Å². The first kappa shape index (κ1) is 21.9. The number of allylic oxidation sites excluding steroid dienone is 2. The van der Waals surface area contributed by atoms with E-state index in [2.05, 4.69) is 53.7 Å². The van der Waals surface area contributed by atoms with Crippen LogP contribution >= 0.6 is 0 Å². The average molecular weight is 401 g/mol. The molecule has 4 aliphatic rings. The van der Waals surface area contributed by atoms with E-state index in [0.717, 1.165) is 54.3 Å². The molecule has 10 atom stereocenters. The minimum atomic E-state index is -0.0183. The third-order valence-corrected chi connectivity index (χ3v) is 11.1. The molecule has 0 aromatic rings.